The maximum absolute atomic E-state index is 4.48. The maximum Gasteiger partial charge on any atom is 0.0548 e. The van der Waals surface area contributed by atoms with Gasteiger partial charge in [0.05, 0.1) is 6.04 Å². The van der Waals surface area contributed by atoms with E-state index in [0.717, 1.165) is 12.0 Å². The Kier molecular flexibility index (Phi) is 1.63. The predicted octanol–water partition coefficient (Wildman–Crippen LogP) is 1.87. The summed E-state index contributed by atoms with van der Waals surface area (Å²) in [5.74, 6) is 0.786. The molecule has 2 aliphatic rings. The first-order chi connectivity index (χ1) is 5.29. The van der Waals surface area contributed by atoms with Gasteiger partial charge >= 0.3 is 0 Å². The molecule has 0 bridgehead atoms. The second kappa shape index (κ2) is 2.50. The standard InChI is InChI=1S/C9H16N2/c1-7-8-5-3-4-6-9(8)11(2)10-7/h8-9H,3-6H2,1-2H3. The van der Waals surface area contributed by atoms with E-state index in [1.54, 1.807) is 0 Å². The summed E-state index contributed by atoms with van der Waals surface area (Å²) in [6.45, 7) is 2.17. The molecule has 1 aliphatic carbocycles. The zero-order valence-corrected chi connectivity index (χ0v) is 7.38. The molecule has 0 aromatic rings. The van der Waals surface area contributed by atoms with E-state index in [4.69, 9.17) is 0 Å². The Hall–Kier alpha value is -0.530. The first-order valence-electron chi connectivity index (χ1n) is 4.57. The average molecular weight is 152 g/mol. The Morgan fingerprint density at radius 1 is 1.36 bits per heavy atom. The quantitative estimate of drug-likeness (QED) is 0.517. The van der Waals surface area contributed by atoms with E-state index < -0.39 is 0 Å². The molecular formula is C9H16N2. The Morgan fingerprint density at radius 2 is 2.09 bits per heavy atom. The lowest BCUT2D eigenvalue weighted by atomic mass is 9.83. The van der Waals surface area contributed by atoms with Crippen LogP contribution >= 0.6 is 0 Å². The number of rotatable bonds is 0. The van der Waals surface area contributed by atoms with Crippen LogP contribution in [0.1, 0.15) is 32.6 Å². The molecule has 0 aromatic heterocycles. The predicted molar refractivity (Wildman–Crippen MR) is 46.6 cm³/mol. The number of hydrogen-bond donors (Lipinski definition) is 0. The van der Waals surface area contributed by atoms with Gasteiger partial charge in [0.1, 0.15) is 0 Å². The van der Waals surface area contributed by atoms with E-state index in [1.807, 2.05) is 0 Å². The maximum atomic E-state index is 4.48. The topological polar surface area (TPSA) is 15.6 Å². The van der Waals surface area contributed by atoms with Gasteiger partial charge in [0.2, 0.25) is 0 Å². The SMILES string of the molecule is CC1=NN(C)C2CCCCC12. The fourth-order valence-electron chi connectivity index (χ4n) is 2.44. The van der Waals surface area contributed by atoms with E-state index in [1.165, 1.54) is 31.4 Å². The highest BCUT2D eigenvalue weighted by molar-refractivity contribution is 5.86. The summed E-state index contributed by atoms with van der Waals surface area (Å²) in [6.07, 6.45) is 5.52. The average Bonchev–Trinajstić information content (AvgIpc) is 2.30. The molecule has 0 amide bonds. The molecule has 1 fully saturated rings. The Labute approximate surface area is 68.3 Å². The molecule has 11 heavy (non-hydrogen) atoms. The van der Waals surface area contributed by atoms with Crippen molar-refractivity contribution in [1.82, 2.24) is 5.01 Å². The summed E-state index contributed by atoms with van der Waals surface area (Å²) < 4.78 is 0. The van der Waals surface area contributed by atoms with Crippen LogP contribution in [-0.4, -0.2) is 23.8 Å². The van der Waals surface area contributed by atoms with Crippen molar-refractivity contribution < 1.29 is 0 Å². The number of hydrogen-bond acceptors (Lipinski definition) is 2. The monoisotopic (exact) mass is 152 g/mol. The lowest BCUT2D eigenvalue weighted by molar-refractivity contribution is 0.198. The van der Waals surface area contributed by atoms with Crippen LogP contribution < -0.4 is 0 Å². The van der Waals surface area contributed by atoms with Crippen molar-refractivity contribution in [2.24, 2.45) is 11.0 Å². The van der Waals surface area contributed by atoms with Crippen molar-refractivity contribution in [1.29, 1.82) is 0 Å². The zero-order chi connectivity index (χ0) is 7.84. The third kappa shape index (κ3) is 1.05. The van der Waals surface area contributed by atoms with Crippen LogP contribution in [0.25, 0.3) is 0 Å². The van der Waals surface area contributed by atoms with Crippen LogP contribution in [0.3, 0.4) is 0 Å². The van der Waals surface area contributed by atoms with Crippen molar-refractivity contribution in [2.45, 2.75) is 38.6 Å². The van der Waals surface area contributed by atoms with Crippen molar-refractivity contribution in [2.75, 3.05) is 7.05 Å². The minimum absolute atomic E-state index is 0.740. The highest BCUT2D eigenvalue weighted by atomic mass is 15.5. The minimum atomic E-state index is 0.740. The summed E-state index contributed by atoms with van der Waals surface area (Å²) in [6, 6.07) is 0.740. The highest BCUT2D eigenvalue weighted by Crippen LogP contribution is 2.33. The van der Waals surface area contributed by atoms with Gasteiger partial charge in [-0.15, -0.1) is 0 Å². The van der Waals surface area contributed by atoms with Gasteiger partial charge in [-0.05, 0) is 19.8 Å². The van der Waals surface area contributed by atoms with Gasteiger partial charge in [-0.2, -0.15) is 5.10 Å². The molecule has 2 atom stereocenters. The first-order valence-corrected chi connectivity index (χ1v) is 4.57. The molecule has 0 N–H and O–H groups in total. The molecule has 1 heterocycles. The summed E-state index contributed by atoms with van der Waals surface area (Å²) in [4.78, 5) is 0. The first kappa shape index (κ1) is 7.14. The van der Waals surface area contributed by atoms with E-state index in [2.05, 4.69) is 24.1 Å². The smallest absolute Gasteiger partial charge is 0.0548 e. The van der Waals surface area contributed by atoms with Crippen molar-refractivity contribution in [3.63, 3.8) is 0 Å². The highest BCUT2D eigenvalue weighted by Gasteiger charge is 2.34. The molecule has 2 nitrogen and oxygen atoms in total. The van der Waals surface area contributed by atoms with Gasteiger partial charge < -0.3 is 0 Å². The second-order valence-electron chi connectivity index (χ2n) is 3.77. The van der Waals surface area contributed by atoms with Gasteiger partial charge in [-0.25, -0.2) is 0 Å². The van der Waals surface area contributed by atoms with Crippen molar-refractivity contribution >= 4 is 5.71 Å². The Balaban J connectivity index is 2.14. The molecule has 1 aliphatic heterocycles. The second-order valence-corrected chi connectivity index (χ2v) is 3.77. The largest absolute Gasteiger partial charge is 0.296 e. The van der Waals surface area contributed by atoms with Crippen LogP contribution in [0.4, 0.5) is 0 Å². The summed E-state index contributed by atoms with van der Waals surface area (Å²) >= 11 is 0. The lowest BCUT2D eigenvalue weighted by Crippen LogP contribution is -2.33. The van der Waals surface area contributed by atoms with Gasteiger partial charge in [0.15, 0.2) is 0 Å². The molecule has 0 radical (unpaired) electrons. The van der Waals surface area contributed by atoms with Gasteiger partial charge in [0.25, 0.3) is 0 Å². The lowest BCUT2D eigenvalue weighted by Gasteiger charge is -2.28. The fourth-order valence-corrected chi connectivity index (χ4v) is 2.44. The third-order valence-electron chi connectivity index (χ3n) is 3.06. The van der Waals surface area contributed by atoms with Gasteiger partial charge in [0, 0.05) is 18.7 Å². The van der Waals surface area contributed by atoms with Gasteiger partial charge in [-0.3, -0.25) is 5.01 Å². The van der Waals surface area contributed by atoms with Gasteiger partial charge in [-0.1, -0.05) is 12.8 Å². The Morgan fingerprint density at radius 3 is 2.82 bits per heavy atom. The van der Waals surface area contributed by atoms with Crippen LogP contribution in [0, 0.1) is 5.92 Å². The van der Waals surface area contributed by atoms with E-state index >= 15 is 0 Å². The van der Waals surface area contributed by atoms with Crippen LogP contribution in [0.2, 0.25) is 0 Å². The van der Waals surface area contributed by atoms with Crippen LogP contribution in [0.5, 0.6) is 0 Å². The summed E-state index contributed by atoms with van der Waals surface area (Å²) in [5.41, 5.74) is 1.36. The zero-order valence-electron chi connectivity index (χ0n) is 7.38. The molecule has 0 saturated heterocycles. The minimum Gasteiger partial charge on any atom is -0.296 e. The molecule has 2 rings (SSSR count). The molecule has 2 heteroatoms. The number of hydrazone groups is 1. The fraction of sp³-hybridized carbons (Fsp3) is 0.889. The third-order valence-corrected chi connectivity index (χ3v) is 3.06. The van der Waals surface area contributed by atoms with E-state index in [0.29, 0.717) is 0 Å². The van der Waals surface area contributed by atoms with Crippen molar-refractivity contribution in [3.8, 4) is 0 Å². The summed E-state index contributed by atoms with van der Waals surface area (Å²) in [5, 5.41) is 6.65. The van der Waals surface area contributed by atoms with Crippen LogP contribution in [0.15, 0.2) is 5.10 Å². The molecular weight excluding hydrogens is 136 g/mol. The van der Waals surface area contributed by atoms with Crippen molar-refractivity contribution in [3.05, 3.63) is 0 Å². The summed E-state index contributed by atoms with van der Waals surface area (Å²) in [7, 11) is 2.11. The van der Waals surface area contributed by atoms with Crippen LogP contribution in [-0.2, 0) is 0 Å². The molecule has 0 aromatic carbocycles. The molecule has 62 valence electrons. The number of fused-ring (bicyclic) bond motifs is 1. The normalized spacial score (nSPS) is 36.9. The Bertz CT molecular complexity index is 186. The molecule has 1 saturated carbocycles. The van der Waals surface area contributed by atoms with E-state index in [-0.39, 0.29) is 0 Å². The number of nitrogens with zero attached hydrogens (tertiary/aromatic N) is 2. The van der Waals surface area contributed by atoms with E-state index in [9.17, 15) is 0 Å². The molecule has 2 unspecified atom stereocenters. The molecule has 0 spiro atoms.